The fourth-order valence-electron chi connectivity index (χ4n) is 3.68. The van der Waals surface area contributed by atoms with Crippen LogP contribution in [0.1, 0.15) is 68.3 Å². The zero-order valence-corrected chi connectivity index (χ0v) is 18.5. The van der Waals surface area contributed by atoms with Crippen LogP contribution < -0.4 is 15.4 Å². The molecule has 0 atom stereocenters. The number of fused-ring (bicyclic) bond motifs is 1. The van der Waals surface area contributed by atoms with E-state index in [1.807, 2.05) is 18.2 Å². The van der Waals surface area contributed by atoms with Crippen LogP contribution in [-0.4, -0.2) is 49.5 Å². The molecule has 1 aromatic rings. The van der Waals surface area contributed by atoms with Gasteiger partial charge in [0.05, 0.1) is 13.2 Å². The van der Waals surface area contributed by atoms with E-state index in [1.54, 1.807) is 0 Å². The maximum atomic E-state index is 13.0. The number of carbonyl (C=O) groups excluding carboxylic acids is 2. The van der Waals surface area contributed by atoms with E-state index < -0.39 is 0 Å². The number of nitrogens with zero attached hydrogens (tertiary/aromatic N) is 1. The molecule has 1 aliphatic carbocycles. The summed E-state index contributed by atoms with van der Waals surface area (Å²) >= 11 is 0. The van der Waals surface area contributed by atoms with Gasteiger partial charge in [-0.3, -0.25) is 14.5 Å². The minimum absolute atomic E-state index is 0.0417. The Bertz CT molecular complexity index is 716. The largest absolute Gasteiger partial charge is 0.493 e. The molecule has 0 radical (unpaired) electrons. The zero-order valence-electron chi connectivity index (χ0n) is 18.5. The predicted octanol–water partition coefficient (Wildman–Crippen LogP) is 3.35. The molecular formula is C24H37N3O3. The van der Waals surface area contributed by atoms with Crippen molar-refractivity contribution in [3.05, 3.63) is 29.3 Å². The minimum atomic E-state index is -0.0417. The van der Waals surface area contributed by atoms with Gasteiger partial charge in [-0.25, -0.2) is 0 Å². The SMILES string of the molecule is CC(C)CCN1CC(=O)NCCCCCOc2cccc(C(=O)NCC3CC3)c2C1. The van der Waals surface area contributed by atoms with Gasteiger partial charge in [0.15, 0.2) is 0 Å². The van der Waals surface area contributed by atoms with Gasteiger partial charge in [0.2, 0.25) is 5.91 Å². The second-order valence-corrected chi connectivity index (χ2v) is 9.09. The van der Waals surface area contributed by atoms with E-state index in [2.05, 4.69) is 29.4 Å². The summed E-state index contributed by atoms with van der Waals surface area (Å²) in [6.45, 7) is 8.12. The lowest BCUT2D eigenvalue weighted by Gasteiger charge is -2.25. The molecule has 0 spiro atoms. The van der Waals surface area contributed by atoms with Crippen molar-refractivity contribution in [1.29, 1.82) is 0 Å². The number of benzene rings is 1. The van der Waals surface area contributed by atoms with Crippen molar-refractivity contribution in [1.82, 2.24) is 15.5 Å². The number of amides is 2. The first kappa shape index (κ1) is 22.6. The molecule has 3 rings (SSSR count). The Morgan fingerprint density at radius 1 is 1.23 bits per heavy atom. The number of nitrogens with one attached hydrogen (secondary N) is 2. The Kier molecular flexibility index (Phi) is 8.55. The fraction of sp³-hybridized carbons (Fsp3) is 0.667. The molecule has 1 aliphatic heterocycles. The Balaban J connectivity index is 1.84. The van der Waals surface area contributed by atoms with Crippen LogP contribution in [0.3, 0.4) is 0 Å². The van der Waals surface area contributed by atoms with Crippen LogP contribution in [0.5, 0.6) is 5.75 Å². The minimum Gasteiger partial charge on any atom is -0.493 e. The number of ether oxygens (including phenoxy) is 1. The average Bonchev–Trinajstić information content (AvgIpc) is 3.54. The van der Waals surface area contributed by atoms with Gasteiger partial charge >= 0.3 is 0 Å². The standard InChI is InChI=1S/C24H37N3O3/c1-18(2)11-13-27-16-21-20(24(29)26-15-19-9-10-19)7-6-8-22(21)30-14-5-3-4-12-25-23(28)17-27/h6-8,18-19H,3-5,9-17H2,1-2H3,(H,25,28)(H,26,29). The monoisotopic (exact) mass is 415 g/mol. The van der Waals surface area contributed by atoms with E-state index in [0.29, 0.717) is 43.6 Å². The van der Waals surface area contributed by atoms with Crippen molar-refractivity contribution in [2.24, 2.45) is 11.8 Å². The normalized spacial score (nSPS) is 19.0. The van der Waals surface area contributed by atoms with Gasteiger partial charge in [-0.15, -0.1) is 0 Å². The van der Waals surface area contributed by atoms with Crippen LogP contribution in [-0.2, 0) is 11.3 Å². The first-order valence-electron chi connectivity index (χ1n) is 11.5. The topological polar surface area (TPSA) is 70.7 Å². The number of rotatable bonds is 6. The molecule has 1 heterocycles. The summed E-state index contributed by atoms with van der Waals surface area (Å²) in [6.07, 6.45) is 6.30. The van der Waals surface area contributed by atoms with Crippen molar-refractivity contribution in [3.8, 4) is 5.75 Å². The van der Waals surface area contributed by atoms with E-state index in [4.69, 9.17) is 4.74 Å². The summed E-state index contributed by atoms with van der Waals surface area (Å²) in [5, 5.41) is 6.13. The van der Waals surface area contributed by atoms with Gasteiger partial charge in [-0.2, -0.15) is 0 Å². The first-order chi connectivity index (χ1) is 14.5. The van der Waals surface area contributed by atoms with Crippen molar-refractivity contribution in [2.45, 2.75) is 58.9 Å². The predicted molar refractivity (Wildman–Crippen MR) is 119 cm³/mol. The van der Waals surface area contributed by atoms with Crippen LogP contribution in [0.25, 0.3) is 0 Å². The maximum absolute atomic E-state index is 13.0. The van der Waals surface area contributed by atoms with Gasteiger partial charge in [0.1, 0.15) is 5.75 Å². The highest BCUT2D eigenvalue weighted by Crippen LogP contribution is 2.29. The molecule has 1 saturated carbocycles. The molecule has 1 fully saturated rings. The molecule has 6 nitrogen and oxygen atoms in total. The zero-order chi connectivity index (χ0) is 21.3. The number of hydrogen-bond donors (Lipinski definition) is 2. The molecule has 30 heavy (non-hydrogen) atoms. The first-order valence-corrected chi connectivity index (χ1v) is 11.5. The Labute approximate surface area is 180 Å². The molecule has 0 aromatic heterocycles. The quantitative estimate of drug-likeness (QED) is 0.747. The summed E-state index contributed by atoms with van der Waals surface area (Å²) in [7, 11) is 0. The Hall–Kier alpha value is -2.08. The van der Waals surface area contributed by atoms with Crippen LogP contribution in [0.4, 0.5) is 0 Å². The van der Waals surface area contributed by atoms with Crippen molar-refractivity contribution < 1.29 is 14.3 Å². The smallest absolute Gasteiger partial charge is 0.251 e. The molecular weight excluding hydrogens is 378 g/mol. The highest BCUT2D eigenvalue weighted by atomic mass is 16.5. The van der Waals surface area contributed by atoms with Crippen molar-refractivity contribution >= 4 is 11.8 Å². The van der Waals surface area contributed by atoms with Gasteiger partial charge in [-0.05, 0) is 69.0 Å². The van der Waals surface area contributed by atoms with E-state index in [0.717, 1.165) is 50.1 Å². The third-order valence-corrected chi connectivity index (χ3v) is 5.80. The van der Waals surface area contributed by atoms with E-state index in [9.17, 15) is 9.59 Å². The van der Waals surface area contributed by atoms with Crippen LogP contribution in [0, 0.1) is 11.8 Å². The summed E-state index contributed by atoms with van der Waals surface area (Å²) in [5.74, 6) is 1.95. The van der Waals surface area contributed by atoms with Crippen molar-refractivity contribution in [2.75, 3.05) is 32.8 Å². The third kappa shape index (κ3) is 7.31. The number of hydrogen-bond acceptors (Lipinski definition) is 4. The average molecular weight is 416 g/mol. The molecule has 166 valence electrons. The third-order valence-electron chi connectivity index (χ3n) is 5.80. The lowest BCUT2D eigenvalue weighted by molar-refractivity contribution is -0.122. The highest BCUT2D eigenvalue weighted by Gasteiger charge is 2.24. The molecule has 0 bridgehead atoms. The lowest BCUT2D eigenvalue weighted by atomic mass is 10.0. The lowest BCUT2D eigenvalue weighted by Crippen LogP contribution is -2.38. The van der Waals surface area contributed by atoms with Gasteiger partial charge in [0.25, 0.3) is 5.91 Å². The van der Waals surface area contributed by atoms with Crippen LogP contribution in [0.15, 0.2) is 18.2 Å². The van der Waals surface area contributed by atoms with Crippen LogP contribution in [0.2, 0.25) is 0 Å². The molecule has 2 aliphatic rings. The summed E-state index contributed by atoms with van der Waals surface area (Å²) in [6, 6.07) is 5.73. The Morgan fingerprint density at radius 2 is 2.07 bits per heavy atom. The second kappa shape index (κ2) is 11.3. The van der Waals surface area contributed by atoms with Crippen LogP contribution >= 0.6 is 0 Å². The Morgan fingerprint density at radius 3 is 2.83 bits per heavy atom. The van der Waals surface area contributed by atoms with Crippen molar-refractivity contribution in [3.63, 3.8) is 0 Å². The molecule has 2 amide bonds. The van der Waals surface area contributed by atoms with E-state index >= 15 is 0 Å². The summed E-state index contributed by atoms with van der Waals surface area (Å²) in [4.78, 5) is 27.6. The van der Waals surface area contributed by atoms with E-state index in [1.165, 1.54) is 12.8 Å². The fourth-order valence-corrected chi connectivity index (χ4v) is 3.68. The van der Waals surface area contributed by atoms with E-state index in [-0.39, 0.29) is 11.8 Å². The molecule has 1 aromatic carbocycles. The molecule has 0 unspecified atom stereocenters. The summed E-state index contributed by atoms with van der Waals surface area (Å²) < 4.78 is 6.12. The molecule has 0 saturated heterocycles. The maximum Gasteiger partial charge on any atom is 0.251 e. The summed E-state index contributed by atoms with van der Waals surface area (Å²) in [5.41, 5.74) is 1.56. The van der Waals surface area contributed by atoms with Gasteiger partial charge < -0.3 is 15.4 Å². The number of carbonyl (C=O) groups is 2. The molecule has 6 heteroatoms. The second-order valence-electron chi connectivity index (χ2n) is 9.09. The molecule has 2 N–H and O–H groups in total. The van der Waals surface area contributed by atoms with Gasteiger partial charge in [0, 0.05) is 30.8 Å². The highest BCUT2D eigenvalue weighted by molar-refractivity contribution is 5.96. The van der Waals surface area contributed by atoms with Gasteiger partial charge in [-0.1, -0.05) is 19.9 Å².